The minimum Gasteiger partial charge on any atom is -0.376 e. The van der Waals surface area contributed by atoms with Crippen LogP contribution in [0.3, 0.4) is 0 Å². The van der Waals surface area contributed by atoms with Crippen molar-refractivity contribution in [2.75, 3.05) is 11.9 Å². The number of nitrogens with one attached hydrogen (secondary N) is 2. The van der Waals surface area contributed by atoms with Crippen LogP contribution in [0, 0.1) is 19.7 Å². The maximum Gasteiger partial charge on any atom is 0.239 e. The van der Waals surface area contributed by atoms with Crippen molar-refractivity contribution in [2.45, 2.75) is 20.4 Å². The van der Waals surface area contributed by atoms with E-state index in [2.05, 4.69) is 10.6 Å². The van der Waals surface area contributed by atoms with Gasteiger partial charge in [-0.25, -0.2) is 4.39 Å². The lowest BCUT2D eigenvalue weighted by Crippen LogP contribution is -2.29. The van der Waals surface area contributed by atoms with E-state index in [1.807, 2.05) is 31.2 Å². The number of amides is 1. The van der Waals surface area contributed by atoms with Gasteiger partial charge in [0.2, 0.25) is 5.91 Å². The normalized spacial score (nSPS) is 10.2. The second-order valence-electron chi connectivity index (χ2n) is 5.02. The number of hydrogen-bond donors (Lipinski definition) is 2. The Morgan fingerprint density at radius 3 is 2.57 bits per heavy atom. The van der Waals surface area contributed by atoms with E-state index in [-0.39, 0.29) is 18.3 Å². The Morgan fingerprint density at radius 1 is 1.10 bits per heavy atom. The van der Waals surface area contributed by atoms with Crippen molar-refractivity contribution in [3.63, 3.8) is 0 Å². The molecule has 0 aliphatic heterocycles. The molecule has 0 aliphatic rings. The topological polar surface area (TPSA) is 41.1 Å². The molecule has 1 amide bonds. The Bertz CT molecular complexity index is 640. The fourth-order valence-electron chi connectivity index (χ4n) is 1.95. The molecule has 0 unspecified atom stereocenters. The number of aryl methyl sites for hydroxylation is 2. The largest absolute Gasteiger partial charge is 0.376 e. The first-order chi connectivity index (χ1) is 10.1. The first-order valence-electron chi connectivity index (χ1n) is 6.87. The van der Waals surface area contributed by atoms with E-state index in [0.717, 1.165) is 11.1 Å². The lowest BCUT2D eigenvalue weighted by molar-refractivity contribution is -0.119. The molecule has 0 atom stereocenters. The molecule has 2 aromatic carbocycles. The van der Waals surface area contributed by atoms with Crippen molar-refractivity contribution in [1.29, 1.82) is 0 Å². The van der Waals surface area contributed by atoms with Gasteiger partial charge in [-0.3, -0.25) is 4.79 Å². The lowest BCUT2D eigenvalue weighted by Gasteiger charge is -2.10. The van der Waals surface area contributed by atoms with Crippen LogP contribution >= 0.6 is 0 Å². The maximum absolute atomic E-state index is 13.4. The van der Waals surface area contributed by atoms with Crippen LogP contribution in [0.1, 0.15) is 16.7 Å². The third kappa shape index (κ3) is 4.31. The summed E-state index contributed by atoms with van der Waals surface area (Å²) in [7, 11) is 0. The summed E-state index contributed by atoms with van der Waals surface area (Å²) in [4.78, 5) is 11.8. The van der Waals surface area contributed by atoms with Gasteiger partial charge in [-0.05, 0) is 42.7 Å². The summed E-state index contributed by atoms with van der Waals surface area (Å²) in [6.45, 7) is 4.33. The van der Waals surface area contributed by atoms with Crippen LogP contribution in [-0.2, 0) is 11.3 Å². The lowest BCUT2D eigenvalue weighted by atomic mass is 10.1. The van der Waals surface area contributed by atoms with Crippen molar-refractivity contribution < 1.29 is 9.18 Å². The van der Waals surface area contributed by atoms with Gasteiger partial charge in [0.25, 0.3) is 0 Å². The molecule has 2 rings (SSSR count). The number of hydrogen-bond acceptors (Lipinski definition) is 2. The molecule has 0 saturated heterocycles. The second-order valence-corrected chi connectivity index (χ2v) is 5.02. The minimum absolute atomic E-state index is 0.119. The Morgan fingerprint density at radius 2 is 1.86 bits per heavy atom. The number of anilines is 1. The highest BCUT2D eigenvalue weighted by atomic mass is 19.1. The van der Waals surface area contributed by atoms with Crippen molar-refractivity contribution in [2.24, 2.45) is 0 Å². The Balaban J connectivity index is 1.82. The zero-order chi connectivity index (χ0) is 15.2. The van der Waals surface area contributed by atoms with Crippen LogP contribution < -0.4 is 10.6 Å². The zero-order valence-electron chi connectivity index (χ0n) is 12.2. The smallest absolute Gasteiger partial charge is 0.239 e. The number of halogens is 1. The molecule has 2 N–H and O–H groups in total. The van der Waals surface area contributed by atoms with E-state index in [1.54, 1.807) is 19.1 Å². The molecule has 0 aliphatic carbocycles. The molecule has 0 aromatic heterocycles. The molecule has 0 spiro atoms. The number of benzene rings is 2. The van der Waals surface area contributed by atoms with Crippen molar-refractivity contribution >= 4 is 11.6 Å². The summed E-state index contributed by atoms with van der Waals surface area (Å²) in [6.07, 6.45) is 0. The summed E-state index contributed by atoms with van der Waals surface area (Å²) in [5.41, 5.74) is 3.42. The molecule has 4 heteroatoms. The molecule has 3 nitrogen and oxygen atoms in total. The van der Waals surface area contributed by atoms with Gasteiger partial charge in [0.05, 0.1) is 6.54 Å². The summed E-state index contributed by atoms with van der Waals surface area (Å²) < 4.78 is 13.4. The standard InChI is InChI=1S/C17H19FN2O/c1-12-5-3-4-6-14(12)10-20-17(21)11-19-15-8-7-13(2)16(18)9-15/h3-9,19H,10-11H2,1-2H3,(H,20,21). The highest BCUT2D eigenvalue weighted by Gasteiger charge is 2.04. The van der Waals surface area contributed by atoms with E-state index in [9.17, 15) is 9.18 Å². The molecule has 21 heavy (non-hydrogen) atoms. The maximum atomic E-state index is 13.4. The van der Waals surface area contributed by atoms with Gasteiger partial charge in [0.15, 0.2) is 0 Å². The second kappa shape index (κ2) is 6.88. The third-order valence-corrected chi connectivity index (χ3v) is 3.36. The van der Waals surface area contributed by atoms with E-state index < -0.39 is 0 Å². The van der Waals surface area contributed by atoms with Crippen LogP contribution in [0.15, 0.2) is 42.5 Å². The van der Waals surface area contributed by atoms with Crippen LogP contribution in [0.4, 0.5) is 10.1 Å². The van der Waals surface area contributed by atoms with Crippen molar-refractivity contribution in [3.8, 4) is 0 Å². The first kappa shape index (κ1) is 15.0. The quantitative estimate of drug-likeness (QED) is 0.886. The van der Waals surface area contributed by atoms with Gasteiger partial charge in [-0.2, -0.15) is 0 Å². The first-order valence-corrected chi connectivity index (χ1v) is 6.87. The predicted octanol–water partition coefficient (Wildman–Crippen LogP) is 3.17. The summed E-state index contributed by atoms with van der Waals surface area (Å²) in [5, 5.41) is 5.75. The van der Waals surface area contributed by atoms with Gasteiger partial charge < -0.3 is 10.6 Å². The Hall–Kier alpha value is -2.36. The number of carbonyl (C=O) groups excluding carboxylic acids is 1. The molecule has 0 saturated carbocycles. The molecular weight excluding hydrogens is 267 g/mol. The summed E-state index contributed by atoms with van der Waals surface area (Å²) in [5.74, 6) is -0.403. The van der Waals surface area contributed by atoms with E-state index in [0.29, 0.717) is 17.8 Å². The van der Waals surface area contributed by atoms with Crippen molar-refractivity contribution in [3.05, 3.63) is 65.0 Å². The molecular formula is C17H19FN2O. The zero-order valence-corrected chi connectivity index (χ0v) is 12.2. The number of carbonyl (C=O) groups is 1. The molecule has 0 fully saturated rings. The highest BCUT2D eigenvalue weighted by molar-refractivity contribution is 5.80. The van der Waals surface area contributed by atoms with E-state index in [1.165, 1.54) is 6.07 Å². The minimum atomic E-state index is -0.277. The molecule has 110 valence electrons. The van der Waals surface area contributed by atoms with Crippen LogP contribution in [0.5, 0.6) is 0 Å². The van der Waals surface area contributed by atoms with Crippen LogP contribution in [0.2, 0.25) is 0 Å². The number of rotatable bonds is 5. The predicted molar refractivity (Wildman–Crippen MR) is 82.7 cm³/mol. The fourth-order valence-corrected chi connectivity index (χ4v) is 1.95. The average molecular weight is 286 g/mol. The average Bonchev–Trinajstić information content (AvgIpc) is 2.47. The highest BCUT2D eigenvalue weighted by Crippen LogP contribution is 2.13. The fraction of sp³-hybridized carbons (Fsp3) is 0.235. The Kier molecular flexibility index (Phi) is 4.93. The van der Waals surface area contributed by atoms with E-state index in [4.69, 9.17) is 0 Å². The van der Waals surface area contributed by atoms with Crippen molar-refractivity contribution in [1.82, 2.24) is 5.32 Å². The van der Waals surface area contributed by atoms with Crippen LogP contribution in [-0.4, -0.2) is 12.5 Å². The van der Waals surface area contributed by atoms with E-state index >= 15 is 0 Å². The molecule has 0 heterocycles. The molecule has 0 bridgehead atoms. The third-order valence-electron chi connectivity index (χ3n) is 3.36. The van der Waals surface area contributed by atoms with Gasteiger partial charge in [0, 0.05) is 12.2 Å². The summed E-state index contributed by atoms with van der Waals surface area (Å²) >= 11 is 0. The monoisotopic (exact) mass is 286 g/mol. The van der Waals surface area contributed by atoms with Gasteiger partial charge >= 0.3 is 0 Å². The summed E-state index contributed by atoms with van der Waals surface area (Å²) in [6, 6.07) is 12.7. The van der Waals surface area contributed by atoms with Gasteiger partial charge in [-0.15, -0.1) is 0 Å². The van der Waals surface area contributed by atoms with Gasteiger partial charge in [-0.1, -0.05) is 30.3 Å². The Labute approximate surface area is 124 Å². The molecule has 2 aromatic rings. The SMILES string of the molecule is Cc1ccc(NCC(=O)NCc2ccccc2C)cc1F. The molecule has 0 radical (unpaired) electrons. The van der Waals surface area contributed by atoms with Gasteiger partial charge in [0.1, 0.15) is 5.82 Å². The van der Waals surface area contributed by atoms with Crippen LogP contribution in [0.25, 0.3) is 0 Å².